The van der Waals surface area contributed by atoms with Crippen LogP contribution in [0.4, 0.5) is 13.2 Å². The van der Waals surface area contributed by atoms with E-state index < -0.39 is 31.2 Å². The second-order valence-electron chi connectivity index (χ2n) is 2.87. The highest BCUT2D eigenvalue weighted by atomic mass is 35.7. The summed E-state index contributed by atoms with van der Waals surface area (Å²) in [5.74, 6) is 0. The summed E-state index contributed by atoms with van der Waals surface area (Å²) in [6, 6.07) is 2.50. The van der Waals surface area contributed by atoms with Gasteiger partial charge in [-0.2, -0.15) is 18.4 Å². The molecule has 17 heavy (non-hydrogen) atoms. The summed E-state index contributed by atoms with van der Waals surface area (Å²) in [4.78, 5) is -1.23. The summed E-state index contributed by atoms with van der Waals surface area (Å²) < 4.78 is 60.0. The first-order valence-electron chi connectivity index (χ1n) is 3.83. The molecule has 0 aromatic heterocycles. The van der Waals surface area contributed by atoms with Crippen LogP contribution in [0.25, 0.3) is 0 Å². The fourth-order valence-corrected chi connectivity index (χ4v) is 2.54. The Morgan fingerprint density at radius 3 is 2.18 bits per heavy atom. The molecule has 3 nitrogen and oxygen atoms in total. The van der Waals surface area contributed by atoms with Crippen LogP contribution in [0, 0.1) is 11.3 Å². The normalized spacial score (nSPS) is 12.2. The smallest absolute Gasteiger partial charge is 0.207 e. The van der Waals surface area contributed by atoms with E-state index in [1.54, 1.807) is 0 Å². The number of rotatable bonds is 1. The molecule has 0 amide bonds. The van der Waals surface area contributed by atoms with Crippen LogP contribution in [0.15, 0.2) is 17.0 Å². The van der Waals surface area contributed by atoms with E-state index in [0.29, 0.717) is 6.07 Å². The van der Waals surface area contributed by atoms with Crippen molar-refractivity contribution >= 4 is 31.3 Å². The third kappa shape index (κ3) is 3.03. The monoisotopic (exact) mass is 303 g/mol. The van der Waals surface area contributed by atoms with Crippen molar-refractivity contribution in [3.63, 3.8) is 0 Å². The highest BCUT2D eigenvalue weighted by Crippen LogP contribution is 2.39. The maximum Gasteiger partial charge on any atom is 0.418 e. The molecule has 0 radical (unpaired) electrons. The average Bonchev–Trinajstić information content (AvgIpc) is 2.12. The van der Waals surface area contributed by atoms with Gasteiger partial charge in [-0.15, -0.1) is 0 Å². The van der Waals surface area contributed by atoms with Crippen molar-refractivity contribution in [2.75, 3.05) is 0 Å². The lowest BCUT2D eigenvalue weighted by Crippen LogP contribution is -2.13. The molecule has 1 aromatic rings. The highest BCUT2D eigenvalue weighted by Gasteiger charge is 2.40. The average molecular weight is 304 g/mol. The molecule has 92 valence electrons. The van der Waals surface area contributed by atoms with Gasteiger partial charge in [0.1, 0.15) is 0 Å². The Hall–Kier alpha value is -0.970. The minimum atomic E-state index is -5.02. The Labute approximate surface area is 104 Å². The predicted molar refractivity (Wildman–Crippen MR) is 54.2 cm³/mol. The molecule has 1 aromatic carbocycles. The van der Waals surface area contributed by atoms with Gasteiger partial charge in [0, 0.05) is 15.7 Å². The number of hydrogen-bond donors (Lipinski definition) is 0. The molecular weight excluding hydrogens is 302 g/mol. The first kappa shape index (κ1) is 14.1. The summed E-state index contributed by atoms with van der Waals surface area (Å²) in [5, 5.41) is 8.22. The van der Waals surface area contributed by atoms with Crippen LogP contribution < -0.4 is 0 Å². The molecule has 0 aliphatic carbocycles. The minimum Gasteiger partial charge on any atom is -0.207 e. The predicted octanol–water partition coefficient (Wildman–Crippen LogP) is 3.16. The molecule has 0 bridgehead atoms. The molecule has 0 aliphatic heterocycles. The van der Waals surface area contributed by atoms with Crippen molar-refractivity contribution in [2.24, 2.45) is 0 Å². The van der Waals surface area contributed by atoms with E-state index in [0.717, 1.165) is 6.07 Å². The van der Waals surface area contributed by atoms with Crippen molar-refractivity contribution in [3.8, 4) is 6.07 Å². The fraction of sp³-hybridized carbons (Fsp3) is 0.125. The van der Waals surface area contributed by atoms with Crippen molar-refractivity contribution in [2.45, 2.75) is 11.1 Å². The van der Waals surface area contributed by atoms with Crippen LogP contribution in [0.2, 0.25) is 5.02 Å². The largest absolute Gasteiger partial charge is 0.418 e. The molecular formula is C8H2Cl2F3NO2S. The minimum absolute atomic E-state index is 0.325. The summed E-state index contributed by atoms with van der Waals surface area (Å²) in [5.41, 5.74) is -2.51. The number of alkyl halides is 3. The number of hydrogen-bond acceptors (Lipinski definition) is 3. The first-order valence-corrected chi connectivity index (χ1v) is 6.51. The molecule has 0 aliphatic rings. The molecule has 9 heteroatoms. The molecule has 0 saturated heterocycles. The maximum absolute atomic E-state index is 12.6. The van der Waals surface area contributed by atoms with Crippen LogP contribution in [-0.4, -0.2) is 8.42 Å². The van der Waals surface area contributed by atoms with E-state index >= 15 is 0 Å². The molecule has 0 N–H and O–H groups in total. The standard InChI is InChI=1S/C8H2Cl2F3NO2S/c9-5-1-4(3-14)7(8(11,12)13)6(2-5)17(10,15)16/h1-2H. The Morgan fingerprint density at radius 1 is 1.29 bits per heavy atom. The number of nitriles is 1. The molecule has 0 unspecified atom stereocenters. The van der Waals surface area contributed by atoms with Crippen LogP contribution >= 0.6 is 22.3 Å². The lowest BCUT2D eigenvalue weighted by atomic mass is 10.1. The van der Waals surface area contributed by atoms with Gasteiger partial charge in [0.2, 0.25) is 0 Å². The number of nitrogens with zero attached hydrogens (tertiary/aromatic N) is 1. The van der Waals surface area contributed by atoms with Crippen molar-refractivity contribution < 1.29 is 21.6 Å². The van der Waals surface area contributed by atoms with Gasteiger partial charge in [-0.3, -0.25) is 0 Å². The van der Waals surface area contributed by atoms with E-state index in [9.17, 15) is 21.6 Å². The topological polar surface area (TPSA) is 57.9 Å². The Balaban J connectivity index is 3.84. The van der Waals surface area contributed by atoms with Gasteiger partial charge in [0.05, 0.1) is 22.1 Å². The van der Waals surface area contributed by atoms with Crippen molar-refractivity contribution in [1.29, 1.82) is 5.26 Å². The van der Waals surface area contributed by atoms with Gasteiger partial charge in [0.15, 0.2) is 0 Å². The Kier molecular flexibility index (Phi) is 3.62. The summed E-state index contributed by atoms with van der Waals surface area (Å²) in [7, 11) is 0.220. The van der Waals surface area contributed by atoms with E-state index in [1.807, 2.05) is 0 Å². The summed E-state index contributed by atoms with van der Waals surface area (Å²) in [6.45, 7) is 0. The fourth-order valence-electron chi connectivity index (χ4n) is 1.15. The summed E-state index contributed by atoms with van der Waals surface area (Å²) >= 11 is 5.42. The number of halogens is 5. The van der Waals surface area contributed by atoms with Gasteiger partial charge in [-0.25, -0.2) is 8.42 Å². The molecule has 0 fully saturated rings. The van der Waals surface area contributed by atoms with Gasteiger partial charge in [-0.05, 0) is 12.1 Å². The second kappa shape index (κ2) is 4.37. The van der Waals surface area contributed by atoms with E-state index in [2.05, 4.69) is 0 Å². The summed E-state index contributed by atoms with van der Waals surface area (Å²) in [6.07, 6.45) is -5.02. The maximum atomic E-state index is 12.6. The number of benzene rings is 1. The Morgan fingerprint density at radius 2 is 1.82 bits per heavy atom. The van der Waals surface area contributed by atoms with Crippen LogP contribution in [0.1, 0.15) is 11.1 Å². The molecule has 0 saturated carbocycles. The second-order valence-corrected chi connectivity index (χ2v) is 5.84. The molecule has 0 atom stereocenters. The van der Waals surface area contributed by atoms with Gasteiger partial charge >= 0.3 is 6.18 Å². The van der Waals surface area contributed by atoms with E-state index in [-0.39, 0.29) is 5.02 Å². The third-order valence-electron chi connectivity index (χ3n) is 1.73. The van der Waals surface area contributed by atoms with Crippen LogP contribution in [0.3, 0.4) is 0 Å². The lowest BCUT2D eigenvalue weighted by molar-refractivity contribution is -0.140. The highest BCUT2D eigenvalue weighted by molar-refractivity contribution is 8.13. The van der Waals surface area contributed by atoms with Gasteiger partial charge in [0.25, 0.3) is 9.05 Å². The quantitative estimate of drug-likeness (QED) is 0.749. The zero-order valence-corrected chi connectivity index (χ0v) is 10.0. The third-order valence-corrected chi connectivity index (χ3v) is 3.30. The van der Waals surface area contributed by atoms with Gasteiger partial charge in [-0.1, -0.05) is 11.6 Å². The van der Waals surface area contributed by atoms with E-state index in [1.165, 1.54) is 6.07 Å². The Bertz CT molecular complexity index is 604. The van der Waals surface area contributed by atoms with E-state index in [4.69, 9.17) is 27.5 Å². The van der Waals surface area contributed by atoms with Crippen LogP contribution in [0.5, 0.6) is 0 Å². The molecule has 1 rings (SSSR count). The van der Waals surface area contributed by atoms with Crippen LogP contribution in [-0.2, 0) is 15.2 Å². The van der Waals surface area contributed by atoms with Crippen molar-refractivity contribution in [1.82, 2.24) is 0 Å². The zero-order chi connectivity index (χ0) is 13.4. The molecule has 0 heterocycles. The first-order chi connectivity index (χ1) is 7.57. The van der Waals surface area contributed by atoms with Gasteiger partial charge < -0.3 is 0 Å². The SMILES string of the molecule is N#Cc1cc(Cl)cc(S(=O)(=O)Cl)c1C(F)(F)F. The lowest BCUT2D eigenvalue weighted by Gasteiger charge is -2.12. The van der Waals surface area contributed by atoms with Crippen molar-refractivity contribution in [3.05, 3.63) is 28.3 Å². The molecule has 0 spiro atoms. The zero-order valence-electron chi connectivity index (χ0n) is 7.72.